The van der Waals surface area contributed by atoms with Crippen molar-refractivity contribution in [2.75, 3.05) is 20.6 Å². The quantitative estimate of drug-likeness (QED) is 0.786. The molecular weight excluding hydrogens is 314 g/mol. The SMILES string of the molecule is Cc1cccc(C(C(=O)NCCCn2c(C)cccc2=O)N(C)C)c1. The Labute approximate surface area is 149 Å². The van der Waals surface area contributed by atoms with E-state index in [9.17, 15) is 9.59 Å². The number of aromatic nitrogens is 1. The lowest BCUT2D eigenvalue weighted by atomic mass is 10.0. The lowest BCUT2D eigenvalue weighted by Gasteiger charge is -2.24. The fourth-order valence-electron chi connectivity index (χ4n) is 2.98. The highest BCUT2D eigenvalue weighted by molar-refractivity contribution is 5.83. The zero-order valence-electron chi connectivity index (χ0n) is 15.5. The Balaban J connectivity index is 1.95. The second-order valence-electron chi connectivity index (χ2n) is 6.58. The smallest absolute Gasteiger partial charge is 0.250 e. The van der Waals surface area contributed by atoms with E-state index in [1.165, 1.54) is 0 Å². The van der Waals surface area contributed by atoms with Crippen LogP contribution in [0, 0.1) is 13.8 Å². The fraction of sp³-hybridized carbons (Fsp3) is 0.400. The number of carbonyl (C=O) groups is 1. The summed E-state index contributed by atoms with van der Waals surface area (Å²) in [5.41, 5.74) is 3.05. The Kier molecular flexibility index (Phi) is 6.53. The summed E-state index contributed by atoms with van der Waals surface area (Å²) in [7, 11) is 3.80. The van der Waals surface area contributed by atoms with Crippen molar-refractivity contribution in [2.45, 2.75) is 32.9 Å². The van der Waals surface area contributed by atoms with Crippen molar-refractivity contribution in [1.82, 2.24) is 14.8 Å². The van der Waals surface area contributed by atoms with Gasteiger partial charge in [0, 0.05) is 24.8 Å². The fourth-order valence-corrected chi connectivity index (χ4v) is 2.98. The minimum atomic E-state index is -0.318. The number of nitrogens with one attached hydrogen (secondary N) is 1. The average Bonchev–Trinajstić information content (AvgIpc) is 2.53. The Hall–Kier alpha value is -2.40. The first-order valence-electron chi connectivity index (χ1n) is 8.57. The van der Waals surface area contributed by atoms with Gasteiger partial charge in [-0.05, 0) is 46.0 Å². The topological polar surface area (TPSA) is 54.3 Å². The molecule has 2 rings (SSSR count). The summed E-state index contributed by atoms with van der Waals surface area (Å²) in [6.07, 6.45) is 0.713. The normalized spacial score (nSPS) is 12.2. The lowest BCUT2D eigenvalue weighted by Crippen LogP contribution is -2.38. The number of hydrogen-bond acceptors (Lipinski definition) is 3. The predicted octanol–water partition coefficient (Wildman–Crippen LogP) is 2.27. The molecule has 0 bridgehead atoms. The number of hydrogen-bond donors (Lipinski definition) is 1. The van der Waals surface area contributed by atoms with Crippen LogP contribution < -0.4 is 10.9 Å². The summed E-state index contributed by atoms with van der Waals surface area (Å²) >= 11 is 0. The molecule has 25 heavy (non-hydrogen) atoms. The predicted molar refractivity (Wildman–Crippen MR) is 101 cm³/mol. The Morgan fingerprint density at radius 1 is 1.16 bits per heavy atom. The number of likely N-dealkylation sites (N-methyl/N-ethyl adjacent to an activating group) is 1. The van der Waals surface area contributed by atoms with Gasteiger partial charge in [-0.3, -0.25) is 14.5 Å². The van der Waals surface area contributed by atoms with Crippen molar-refractivity contribution < 1.29 is 4.79 Å². The summed E-state index contributed by atoms with van der Waals surface area (Å²) in [6, 6.07) is 12.9. The van der Waals surface area contributed by atoms with Crippen LogP contribution >= 0.6 is 0 Å². The molecule has 2 aromatic rings. The standard InChI is InChI=1S/C20H27N3O2/c1-15-8-5-10-17(14-15)19(22(3)4)20(25)21-12-7-13-23-16(2)9-6-11-18(23)24/h5-6,8-11,14,19H,7,12-13H2,1-4H3,(H,21,25). The maximum atomic E-state index is 12.6. The molecule has 1 aromatic carbocycles. The molecule has 134 valence electrons. The molecule has 0 saturated heterocycles. The van der Waals surface area contributed by atoms with Crippen molar-refractivity contribution in [3.05, 3.63) is 69.6 Å². The van der Waals surface area contributed by atoms with Crippen molar-refractivity contribution in [2.24, 2.45) is 0 Å². The van der Waals surface area contributed by atoms with E-state index in [2.05, 4.69) is 5.32 Å². The van der Waals surface area contributed by atoms with E-state index >= 15 is 0 Å². The zero-order valence-corrected chi connectivity index (χ0v) is 15.5. The number of rotatable bonds is 7. The number of aryl methyl sites for hydroxylation is 2. The van der Waals surface area contributed by atoms with E-state index in [0.717, 1.165) is 16.8 Å². The van der Waals surface area contributed by atoms with E-state index in [4.69, 9.17) is 0 Å². The molecule has 1 N–H and O–H groups in total. The highest BCUT2D eigenvalue weighted by Crippen LogP contribution is 2.19. The molecule has 0 fully saturated rings. The van der Waals surface area contributed by atoms with Gasteiger partial charge < -0.3 is 9.88 Å². The van der Waals surface area contributed by atoms with Crippen molar-refractivity contribution in [3.63, 3.8) is 0 Å². The van der Waals surface area contributed by atoms with E-state index in [1.807, 2.05) is 63.2 Å². The van der Waals surface area contributed by atoms with Crippen molar-refractivity contribution in [1.29, 1.82) is 0 Å². The van der Waals surface area contributed by atoms with Crippen LogP contribution in [0.4, 0.5) is 0 Å². The van der Waals surface area contributed by atoms with Crippen LogP contribution in [-0.2, 0) is 11.3 Å². The van der Waals surface area contributed by atoms with Gasteiger partial charge in [0.2, 0.25) is 5.91 Å². The molecule has 1 heterocycles. The van der Waals surface area contributed by atoms with Crippen LogP contribution in [-0.4, -0.2) is 36.0 Å². The number of amides is 1. The Bertz CT molecular complexity index is 781. The van der Waals surface area contributed by atoms with Gasteiger partial charge in [-0.15, -0.1) is 0 Å². The molecule has 5 nitrogen and oxygen atoms in total. The van der Waals surface area contributed by atoms with Gasteiger partial charge in [-0.2, -0.15) is 0 Å². The van der Waals surface area contributed by atoms with Gasteiger partial charge in [-0.25, -0.2) is 0 Å². The third-order valence-electron chi connectivity index (χ3n) is 4.25. The molecule has 0 saturated carbocycles. The highest BCUT2D eigenvalue weighted by atomic mass is 16.2. The zero-order chi connectivity index (χ0) is 18.4. The van der Waals surface area contributed by atoms with E-state index in [0.29, 0.717) is 19.5 Å². The summed E-state index contributed by atoms with van der Waals surface area (Å²) in [5.74, 6) is -0.0206. The molecule has 1 unspecified atom stereocenters. The third-order valence-corrected chi connectivity index (χ3v) is 4.25. The molecule has 0 aliphatic heterocycles. The monoisotopic (exact) mass is 341 g/mol. The third kappa shape index (κ3) is 5.03. The minimum absolute atomic E-state index is 0.00254. The van der Waals surface area contributed by atoms with Gasteiger partial charge in [0.15, 0.2) is 0 Å². The minimum Gasteiger partial charge on any atom is -0.354 e. The second-order valence-corrected chi connectivity index (χ2v) is 6.58. The molecule has 1 atom stereocenters. The molecule has 1 amide bonds. The molecule has 0 radical (unpaired) electrons. The summed E-state index contributed by atoms with van der Waals surface area (Å²) in [5, 5.41) is 3.00. The number of nitrogens with zero attached hydrogens (tertiary/aromatic N) is 2. The van der Waals surface area contributed by atoms with Crippen LogP contribution in [0.1, 0.15) is 29.3 Å². The first kappa shape index (κ1) is 18.9. The van der Waals surface area contributed by atoms with Gasteiger partial charge in [0.25, 0.3) is 5.56 Å². The largest absolute Gasteiger partial charge is 0.354 e. The first-order chi connectivity index (χ1) is 11.9. The van der Waals surface area contributed by atoms with Gasteiger partial charge in [0.05, 0.1) is 0 Å². The van der Waals surface area contributed by atoms with Crippen LogP contribution in [0.3, 0.4) is 0 Å². The Morgan fingerprint density at radius 2 is 1.88 bits per heavy atom. The molecule has 5 heteroatoms. The molecule has 0 spiro atoms. The highest BCUT2D eigenvalue weighted by Gasteiger charge is 2.22. The number of benzene rings is 1. The summed E-state index contributed by atoms with van der Waals surface area (Å²) in [6.45, 7) is 5.08. The lowest BCUT2D eigenvalue weighted by molar-refractivity contribution is -0.125. The van der Waals surface area contributed by atoms with Gasteiger partial charge in [0.1, 0.15) is 6.04 Å². The van der Waals surface area contributed by atoms with Crippen LogP contribution in [0.15, 0.2) is 47.3 Å². The first-order valence-corrected chi connectivity index (χ1v) is 8.57. The van der Waals surface area contributed by atoms with Crippen LogP contribution in [0.2, 0.25) is 0 Å². The molecule has 1 aromatic heterocycles. The molecule has 0 aliphatic carbocycles. The summed E-state index contributed by atoms with van der Waals surface area (Å²) < 4.78 is 1.73. The molecule has 0 aliphatic rings. The number of pyridine rings is 1. The second kappa shape index (κ2) is 8.62. The number of carbonyl (C=O) groups excluding carboxylic acids is 1. The van der Waals surface area contributed by atoms with E-state index < -0.39 is 0 Å². The van der Waals surface area contributed by atoms with Crippen molar-refractivity contribution in [3.8, 4) is 0 Å². The van der Waals surface area contributed by atoms with Crippen LogP contribution in [0.5, 0.6) is 0 Å². The van der Waals surface area contributed by atoms with Gasteiger partial charge >= 0.3 is 0 Å². The Morgan fingerprint density at radius 3 is 2.52 bits per heavy atom. The average molecular weight is 341 g/mol. The van der Waals surface area contributed by atoms with E-state index in [1.54, 1.807) is 16.7 Å². The van der Waals surface area contributed by atoms with E-state index in [-0.39, 0.29) is 17.5 Å². The molecular formula is C20H27N3O2. The van der Waals surface area contributed by atoms with Gasteiger partial charge in [-0.1, -0.05) is 35.9 Å². The summed E-state index contributed by atoms with van der Waals surface area (Å²) in [4.78, 5) is 26.4. The maximum Gasteiger partial charge on any atom is 0.250 e. The van der Waals surface area contributed by atoms with Crippen LogP contribution in [0.25, 0.3) is 0 Å². The maximum absolute atomic E-state index is 12.6. The van der Waals surface area contributed by atoms with Crippen molar-refractivity contribution >= 4 is 5.91 Å².